The Morgan fingerprint density at radius 3 is 1.46 bits per heavy atom. The van der Waals surface area contributed by atoms with Crippen molar-refractivity contribution in [3.05, 3.63) is 12.3 Å². The third kappa shape index (κ3) is 4.47. The van der Waals surface area contributed by atoms with E-state index in [1.807, 2.05) is 0 Å². The van der Waals surface area contributed by atoms with Gasteiger partial charge >= 0.3 is 0 Å². The van der Waals surface area contributed by atoms with Crippen molar-refractivity contribution < 1.29 is 4.48 Å². The van der Waals surface area contributed by atoms with Gasteiger partial charge in [-0.05, 0) is 32.3 Å². The second kappa shape index (κ2) is 7.14. The second-order valence-corrected chi connectivity index (χ2v) is 3.87. The zero-order valence-electron chi connectivity index (χ0n) is 9.84. The molecule has 0 saturated heterocycles. The lowest BCUT2D eigenvalue weighted by atomic mass is 10.2. The first-order valence-electron chi connectivity index (χ1n) is 5.74. The molecular weight excluding hydrogens is 158 g/mol. The Kier molecular flexibility index (Phi) is 6.97. The van der Waals surface area contributed by atoms with E-state index in [9.17, 15) is 0 Å². The van der Waals surface area contributed by atoms with E-state index in [2.05, 4.69) is 40.0 Å². The molecule has 0 saturated carbocycles. The van der Waals surface area contributed by atoms with Crippen LogP contribution in [0.3, 0.4) is 0 Å². The summed E-state index contributed by atoms with van der Waals surface area (Å²) in [4.78, 5) is 0. The topological polar surface area (TPSA) is 0 Å². The summed E-state index contributed by atoms with van der Waals surface area (Å²) in [5.41, 5.74) is 0. The summed E-state index contributed by atoms with van der Waals surface area (Å²) >= 11 is 0. The molecule has 0 radical (unpaired) electrons. The van der Waals surface area contributed by atoms with E-state index < -0.39 is 0 Å². The number of allylic oxidation sites excluding steroid dienone is 1. The molecular formula is C12H26N+. The highest BCUT2D eigenvalue weighted by Crippen LogP contribution is 2.12. The Bertz CT molecular complexity index is 121. The molecule has 0 rings (SSSR count). The number of rotatable bonds is 7. The van der Waals surface area contributed by atoms with Crippen LogP contribution in [0.2, 0.25) is 0 Å². The Balaban J connectivity index is 4.37. The zero-order chi connectivity index (χ0) is 10.2. The van der Waals surface area contributed by atoms with Crippen LogP contribution in [-0.4, -0.2) is 24.1 Å². The van der Waals surface area contributed by atoms with Gasteiger partial charge in [0.2, 0.25) is 0 Å². The predicted octanol–water partition coefficient (Wildman–Crippen LogP) is 3.57. The zero-order valence-corrected chi connectivity index (χ0v) is 9.84. The summed E-state index contributed by atoms with van der Waals surface area (Å²) in [7, 11) is 0. The van der Waals surface area contributed by atoms with Gasteiger partial charge in [-0.2, -0.15) is 0 Å². The lowest BCUT2D eigenvalue weighted by Crippen LogP contribution is -2.44. The van der Waals surface area contributed by atoms with Crippen molar-refractivity contribution in [2.75, 3.05) is 19.6 Å². The van der Waals surface area contributed by atoms with Crippen LogP contribution in [0.4, 0.5) is 0 Å². The van der Waals surface area contributed by atoms with Crippen molar-refractivity contribution >= 4 is 0 Å². The molecule has 0 aromatic rings. The van der Waals surface area contributed by atoms with Crippen molar-refractivity contribution in [1.82, 2.24) is 0 Å². The molecule has 0 aliphatic rings. The average molecular weight is 184 g/mol. The molecule has 1 nitrogen and oxygen atoms in total. The van der Waals surface area contributed by atoms with Gasteiger partial charge in [-0.25, -0.2) is 0 Å². The van der Waals surface area contributed by atoms with Gasteiger partial charge < -0.3 is 0 Å². The quantitative estimate of drug-likeness (QED) is 0.531. The first-order valence-corrected chi connectivity index (χ1v) is 5.74. The van der Waals surface area contributed by atoms with Crippen molar-refractivity contribution in [2.45, 2.75) is 47.0 Å². The van der Waals surface area contributed by atoms with Crippen LogP contribution >= 0.6 is 0 Å². The third-order valence-corrected chi connectivity index (χ3v) is 2.47. The molecule has 13 heavy (non-hydrogen) atoms. The number of nitrogens with zero attached hydrogens (tertiary/aromatic N) is 1. The van der Waals surface area contributed by atoms with Crippen LogP contribution in [0.15, 0.2) is 12.3 Å². The summed E-state index contributed by atoms with van der Waals surface area (Å²) in [6, 6.07) is 0. The average Bonchev–Trinajstić information content (AvgIpc) is 2.06. The first kappa shape index (κ1) is 12.7. The summed E-state index contributed by atoms with van der Waals surface area (Å²) in [5.74, 6) is 0. The molecule has 0 fully saturated rings. The Labute approximate surface area is 84.0 Å². The van der Waals surface area contributed by atoms with Crippen LogP contribution in [0.25, 0.3) is 0 Å². The van der Waals surface area contributed by atoms with Crippen molar-refractivity contribution in [1.29, 1.82) is 0 Å². The highest BCUT2D eigenvalue weighted by molar-refractivity contribution is 4.68. The van der Waals surface area contributed by atoms with Gasteiger partial charge in [-0.3, -0.25) is 4.48 Å². The fourth-order valence-corrected chi connectivity index (χ4v) is 2.21. The van der Waals surface area contributed by atoms with Gasteiger partial charge in [0.1, 0.15) is 0 Å². The first-order chi connectivity index (χ1) is 6.24. The summed E-state index contributed by atoms with van der Waals surface area (Å²) in [6.07, 6.45) is 8.44. The molecule has 0 N–H and O–H groups in total. The van der Waals surface area contributed by atoms with Crippen molar-refractivity contribution in [2.24, 2.45) is 0 Å². The van der Waals surface area contributed by atoms with Crippen LogP contribution in [0.5, 0.6) is 0 Å². The number of hydrogen-bond acceptors (Lipinski definition) is 0. The minimum atomic E-state index is 1.19. The maximum atomic E-state index is 2.39. The van der Waals surface area contributed by atoms with E-state index in [0.29, 0.717) is 0 Å². The van der Waals surface area contributed by atoms with E-state index >= 15 is 0 Å². The van der Waals surface area contributed by atoms with Crippen molar-refractivity contribution in [3.63, 3.8) is 0 Å². The van der Waals surface area contributed by atoms with Gasteiger partial charge in [0.25, 0.3) is 0 Å². The monoisotopic (exact) mass is 184 g/mol. The maximum Gasteiger partial charge on any atom is 0.0915 e. The Morgan fingerprint density at radius 2 is 1.23 bits per heavy atom. The molecule has 0 bridgehead atoms. The Hall–Kier alpha value is -0.300. The van der Waals surface area contributed by atoms with Gasteiger partial charge in [-0.1, -0.05) is 20.8 Å². The van der Waals surface area contributed by atoms with Gasteiger partial charge in [0.15, 0.2) is 0 Å². The predicted molar refractivity (Wildman–Crippen MR) is 60.5 cm³/mol. The smallest absolute Gasteiger partial charge is 0.0915 e. The van der Waals surface area contributed by atoms with E-state index in [1.165, 1.54) is 43.4 Å². The summed E-state index contributed by atoms with van der Waals surface area (Å²) < 4.78 is 1.19. The van der Waals surface area contributed by atoms with Crippen LogP contribution in [0, 0.1) is 0 Å². The van der Waals surface area contributed by atoms with E-state index in [4.69, 9.17) is 0 Å². The number of hydrogen-bond donors (Lipinski definition) is 0. The molecule has 0 heterocycles. The second-order valence-electron chi connectivity index (χ2n) is 3.87. The molecule has 0 aliphatic heterocycles. The molecule has 0 unspecified atom stereocenters. The fourth-order valence-electron chi connectivity index (χ4n) is 2.21. The molecule has 1 heteroatoms. The van der Waals surface area contributed by atoms with Crippen LogP contribution in [-0.2, 0) is 0 Å². The minimum Gasteiger partial charge on any atom is -0.298 e. The summed E-state index contributed by atoms with van der Waals surface area (Å²) in [6.45, 7) is 12.9. The summed E-state index contributed by atoms with van der Waals surface area (Å²) in [5, 5.41) is 0. The van der Waals surface area contributed by atoms with E-state index in [0.717, 1.165) is 0 Å². The van der Waals surface area contributed by atoms with Crippen LogP contribution in [0.1, 0.15) is 47.0 Å². The minimum absolute atomic E-state index is 1.19. The Morgan fingerprint density at radius 1 is 0.846 bits per heavy atom. The molecule has 78 valence electrons. The third-order valence-electron chi connectivity index (χ3n) is 2.47. The molecule has 0 aromatic carbocycles. The van der Waals surface area contributed by atoms with Gasteiger partial charge in [0.05, 0.1) is 25.8 Å². The van der Waals surface area contributed by atoms with Gasteiger partial charge in [0, 0.05) is 0 Å². The molecule has 0 aromatic heterocycles. The standard InChI is InChI=1S/C12H26N/c1-5-9-13(10-6-2,11-7-3)12-8-4/h5,9H,6-8,10-12H2,1-4H3/q+1. The highest BCUT2D eigenvalue weighted by atomic mass is 15.3. The number of quaternary nitrogens is 1. The molecule has 0 spiro atoms. The largest absolute Gasteiger partial charge is 0.298 e. The van der Waals surface area contributed by atoms with Gasteiger partial charge in [-0.15, -0.1) is 0 Å². The molecule has 0 atom stereocenters. The fraction of sp³-hybridized carbons (Fsp3) is 0.833. The lowest BCUT2D eigenvalue weighted by Gasteiger charge is -2.34. The highest BCUT2D eigenvalue weighted by Gasteiger charge is 2.20. The lowest BCUT2D eigenvalue weighted by molar-refractivity contribution is -0.879. The SMILES string of the molecule is CC=C[N+](CCC)(CCC)CCC. The van der Waals surface area contributed by atoms with E-state index in [1.54, 1.807) is 0 Å². The van der Waals surface area contributed by atoms with E-state index in [-0.39, 0.29) is 0 Å². The van der Waals surface area contributed by atoms with Crippen LogP contribution < -0.4 is 0 Å². The molecule has 0 aliphatic carbocycles. The normalized spacial score (nSPS) is 12.6. The van der Waals surface area contributed by atoms with Crippen molar-refractivity contribution in [3.8, 4) is 0 Å². The molecule has 0 amide bonds. The maximum absolute atomic E-state index is 2.39.